The van der Waals surface area contributed by atoms with E-state index in [-0.39, 0.29) is 5.96 Å². The maximum absolute atomic E-state index is 7.40. The Kier molecular flexibility index (Phi) is 2.60. The minimum Gasteiger partial charge on any atom is -0.370 e. The van der Waals surface area contributed by atoms with Gasteiger partial charge >= 0.3 is 0 Å². The molecule has 0 amide bonds. The van der Waals surface area contributed by atoms with E-state index in [2.05, 4.69) is 20.8 Å². The smallest absolute Gasteiger partial charge is 0.188 e. The van der Waals surface area contributed by atoms with Gasteiger partial charge in [0.05, 0.1) is 0 Å². The average Bonchev–Trinajstić information content (AvgIpc) is 1.96. The molecule has 0 spiro atoms. The first kappa shape index (κ1) is 9.36. The van der Waals surface area contributed by atoms with E-state index in [1.807, 2.05) is 4.90 Å². The Labute approximate surface area is 74.4 Å². The molecule has 0 bridgehead atoms. The Balaban J connectivity index is 2.66. The Morgan fingerprint density at radius 2 is 2.00 bits per heavy atom. The summed E-state index contributed by atoms with van der Waals surface area (Å²) >= 11 is 0. The number of hydrogen-bond donors (Lipinski definition) is 2. The summed E-state index contributed by atoms with van der Waals surface area (Å²) in [5.41, 5.74) is 5.49. The molecular formula is C9H19N3. The van der Waals surface area contributed by atoms with Crippen LogP contribution in [0.15, 0.2) is 0 Å². The van der Waals surface area contributed by atoms with Crippen molar-refractivity contribution in [2.45, 2.75) is 33.2 Å². The fraction of sp³-hybridized carbons (Fsp3) is 0.889. The fourth-order valence-corrected chi connectivity index (χ4v) is 2.03. The summed E-state index contributed by atoms with van der Waals surface area (Å²) in [4.78, 5) is 2.00. The van der Waals surface area contributed by atoms with Gasteiger partial charge in [0.15, 0.2) is 5.96 Å². The number of likely N-dealkylation sites (tertiary alicyclic amines) is 1. The topological polar surface area (TPSA) is 53.1 Å². The third-order valence-corrected chi connectivity index (χ3v) is 2.91. The molecule has 3 nitrogen and oxygen atoms in total. The highest BCUT2D eigenvalue weighted by atomic mass is 15.3. The summed E-state index contributed by atoms with van der Waals surface area (Å²) in [5, 5.41) is 7.40. The lowest BCUT2D eigenvalue weighted by atomic mass is 9.86. The molecule has 1 aliphatic rings. The van der Waals surface area contributed by atoms with Gasteiger partial charge in [-0.3, -0.25) is 5.41 Å². The van der Waals surface area contributed by atoms with Crippen LogP contribution < -0.4 is 5.73 Å². The van der Waals surface area contributed by atoms with Crippen molar-refractivity contribution in [2.24, 2.45) is 17.6 Å². The molecule has 1 rings (SSSR count). The van der Waals surface area contributed by atoms with Crippen molar-refractivity contribution >= 4 is 5.96 Å². The third kappa shape index (κ3) is 1.71. The number of nitrogens with zero attached hydrogens (tertiary/aromatic N) is 1. The number of piperidine rings is 1. The van der Waals surface area contributed by atoms with E-state index in [1.165, 1.54) is 6.42 Å². The largest absolute Gasteiger partial charge is 0.370 e. The van der Waals surface area contributed by atoms with Gasteiger partial charge in [-0.15, -0.1) is 0 Å². The third-order valence-electron chi connectivity index (χ3n) is 2.91. The van der Waals surface area contributed by atoms with Gasteiger partial charge in [-0.1, -0.05) is 13.8 Å². The van der Waals surface area contributed by atoms with Gasteiger partial charge in [-0.25, -0.2) is 0 Å². The van der Waals surface area contributed by atoms with Gasteiger partial charge in [-0.2, -0.15) is 0 Å². The first-order valence-corrected chi connectivity index (χ1v) is 4.63. The Hall–Kier alpha value is -0.730. The highest BCUT2D eigenvalue weighted by molar-refractivity contribution is 5.75. The fourth-order valence-electron chi connectivity index (χ4n) is 2.03. The molecule has 3 heteroatoms. The molecule has 1 aliphatic heterocycles. The van der Waals surface area contributed by atoms with Crippen molar-refractivity contribution in [1.29, 1.82) is 5.41 Å². The first-order chi connectivity index (χ1) is 5.52. The molecule has 70 valence electrons. The summed E-state index contributed by atoms with van der Waals surface area (Å²) in [5.74, 6) is 1.54. The van der Waals surface area contributed by atoms with Crippen molar-refractivity contribution in [3.05, 3.63) is 0 Å². The summed E-state index contributed by atoms with van der Waals surface area (Å²) in [6.07, 6.45) is 1.25. The average molecular weight is 169 g/mol. The molecule has 0 aliphatic carbocycles. The van der Waals surface area contributed by atoms with Gasteiger partial charge in [0.2, 0.25) is 0 Å². The minimum absolute atomic E-state index is 0.223. The van der Waals surface area contributed by atoms with Crippen molar-refractivity contribution in [1.82, 2.24) is 4.90 Å². The monoisotopic (exact) mass is 169 g/mol. The molecule has 0 radical (unpaired) electrons. The summed E-state index contributed by atoms with van der Waals surface area (Å²) in [6, 6.07) is 0.429. The molecular weight excluding hydrogens is 150 g/mol. The molecule has 0 saturated carbocycles. The lowest BCUT2D eigenvalue weighted by Crippen LogP contribution is -2.51. The van der Waals surface area contributed by atoms with Gasteiger partial charge in [0.25, 0.3) is 0 Å². The van der Waals surface area contributed by atoms with Gasteiger partial charge in [0.1, 0.15) is 0 Å². The van der Waals surface area contributed by atoms with E-state index in [9.17, 15) is 0 Å². The van der Waals surface area contributed by atoms with Crippen LogP contribution in [0.25, 0.3) is 0 Å². The molecule has 1 saturated heterocycles. The molecule has 0 aromatic rings. The van der Waals surface area contributed by atoms with E-state index in [4.69, 9.17) is 11.1 Å². The first-order valence-electron chi connectivity index (χ1n) is 4.63. The molecule has 0 aromatic carbocycles. The maximum Gasteiger partial charge on any atom is 0.188 e. The molecule has 3 N–H and O–H groups in total. The lowest BCUT2D eigenvalue weighted by Gasteiger charge is -2.41. The highest BCUT2D eigenvalue weighted by Gasteiger charge is 2.29. The molecule has 1 fully saturated rings. The Bertz CT molecular complexity index is 179. The zero-order chi connectivity index (χ0) is 9.30. The number of nitrogens with one attached hydrogen (secondary N) is 1. The Morgan fingerprint density at radius 1 is 1.42 bits per heavy atom. The zero-order valence-corrected chi connectivity index (χ0v) is 8.17. The van der Waals surface area contributed by atoms with Crippen molar-refractivity contribution < 1.29 is 0 Å². The van der Waals surface area contributed by atoms with Crippen LogP contribution in [0.4, 0.5) is 0 Å². The summed E-state index contributed by atoms with van der Waals surface area (Å²) < 4.78 is 0. The second-order valence-electron chi connectivity index (χ2n) is 4.10. The van der Waals surface area contributed by atoms with Gasteiger partial charge in [0, 0.05) is 12.6 Å². The maximum atomic E-state index is 7.40. The predicted molar refractivity (Wildman–Crippen MR) is 51.0 cm³/mol. The van der Waals surface area contributed by atoms with Gasteiger partial charge < -0.3 is 10.6 Å². The molecule has 1 heterocycles. The van der Waals surface area contributed by atoms with E-state index in [0.29, 0.717) is 17.9 Å². The van der Waals surface area contributed by atoms with E-state index < -0.39 is 0 Å². The van der Waals surface area contributed by atoms with E-state index in [0.717, 1.165) is 6.54 Å². The van der Waals surface area contributed by atoms with Crippen LogP contribution in [0, 0.1) is 17.2 Å². The van der Waals surface area contributed by atoms with Gasteiger partial charge in [-0.05, 0) is 25.2 Å². The van der Waals surface area contributed by atoms with Crippen LogP contribution >= 0.6 is 0 Å². The number of rotatable bonds is 0. The SMILES string of the molecule is CC1CC(C)C(C)N(C(=N)N)C1. The number of nitrogens with two attached hydrogens (primary N) is 1. The van der Waals surface area contributed by atoms with Crippen LogP contribution in [0.3, 0.4) is 0 Å². The van der Waals surface area contributed by atoms with Crippen LogP contribution in [0.2, 0.25) is 0 Å². The second kappa shape index (κ2) is 3.33. The van der Waals surface area contributed by atoms with E-state index >= 15 is 0 Å². The molecule has 0 aromatic heterocycles. The van der Waals surface area contributed by atoms with Crippen molar-refractivity contribution in [3.63, 3.8) is 0 Å². The number of hydrogen-bond acceptors (Lipinski definition) is 1. The van der Waals surface area contributed by atoms with E-state index in [1.54, 1.807) is 0 Å². The predicted octanol–water partition coefficient (Wildman–Crippen LogP) is 1.25. The molecule has 12 heavy (non-hydrogen) atoms. The summed E-state index contributed by atoms with van der Waals surface area (Å²) in [6.45, 7) is 7.55. The second-order valence-corrected chi connectivity index (χ2v) is 4.10. The molecule has 3 unspecified atom stereocenters. The number of guanidine groups is 1. The lowest BCUT2D eigenvalue weighted by molar-refractivity contribution is 0.144. The minimum atomic E-state index is 0.223. The van der Waals surface area contributed by atoms with Crippen LogP contribution in [-0.2, 0) is 0 Å². The Morgan fingerprint density at radius 3 is 2.50 bits per heavy atom. The standard InChI is InChI=1S/C9H19N3/c1-6-4-7(2)8(3)12(5-6)9(10)11/h6-8H,4-5H2,1-3H3,(H3,10,11). The quantitative estimate of drug-likeness (QED) is 0.423. The normalized spacial score (nSPS) is 36.6. The van der Waals surface area contributed by atoms with Crippen LogP contribution in [0.1, 0.15) is 27.2 Å². The molecule has 3 atom stereocenters. The van der Waals surface area contributed by atoms with Crippen molar-refractivity contribution in [3.8, 4) is 0 Å². The van der Waals surface area contributed by atoms with Crippen molar-refractivity contribution in [2.75, 3.05) is 6.54 Å². The van der Waals surface area contributed by atoms with Crippen LogP contribution in [0.5, 0.6) is 0 Å². The zero-order valence-electron chi connectivity index (χ0n) is 8.17. The highest BCUT2D eigenvalue weighted by Crippen LogP contribution is 2.26. The summed E-state index contributed by atoms with van der Waals surface area (Å²) in [7, 11) is 0. The van der Waals surface area contributed by atoms with Crippen LogP contribution in [-0.4, -0.2) is 23.4 Å².